The van der Waals surface area contributed by atoms with E-state index in [0.717, 1.165) is 17.9 Å². The molecule has 0 amide bonds. The minimum atomic E-state index is 0.451. The lowest BCUT2D eigenvalue weighted by molar-refractivity contribution is 0.319. The minimum absolute atomic E-state index is 0.451. The molecule has 0 saturated carbocycles. The Kier molecular flexibility index (Phi) is 3.57. The molecule has 0 unspecified atom stereocenters. The molecule has 4 aromatic rings. The van der Waals surface area contributed by atoms with Gasteiger partial charge in [0.05, 0.1) is 17.4 Å². The van der Waals surface area contributed by atoms with Crippen LogP contribution in [0, 0.1) is 0 Å². The number of hydrogen-bond acceptors (Lipinski definition) is 4. The molecular formula is C20H20N6. The fourth-order valence-corrected chi connectivity index (χ4v) is 4.02. The third-order valence-corrected chi connectivity index (χ3v) is 5.34. The Hall–Kier alpha value is -2.99. The zero-order valence-corrected chi connectivity index (χ0v) is 14.7. The number of aromatic nitrogens is 5. The Morgan fingerprint density at radius 2 is 1.96 bits per heavy atom. The van der Waals surface area contributed by atoms with Gasteiger partial charge in [-0.05, 0) is 62.3 Å². The monoisotopic (exact) mass is 344 g/mol. The Morgan fingerprint density at radius 3 is 2.69 bits per heavy atom. The number of nitrogens with zero attached hydrogens (tertiary/aromatic N) is 6. The molecule has 130 valence electrons. The van der Waals surface area contributed by atoms with E-state index in [1.54, 1.807) is 12.7 Å². The highest BCUT2D eigenvalue weighted by molar-refractivity contribution is 5.88. The van der Waals surface area contributed by atoms with E-state index in [1.165, 1.54) is 29.3 Å². The second-order valence-electron chi connectivity index (χ2n) is 6.87. The summed E-state index contributed by atoms with van der Waals surface area (Å²) in [6.07, 6.45) is 11.9. The summed E-state index contributed by atoms with van der Waals surface area (Å²) < 4.78 is 4.20. The van der Waals surface area contributed by atoms with Gasteiger partial charge in [-0.25, -0.2) is 0 Å². The van der Waals surface area contributed by atoms with Crippen molar-refractivity contribution >= 4 is 10.9 Å². The molecule has 6 heteroatoms. The van der Waals surface area contributed by atoms with Crippen LogP contribution in [-0.4, -0.2) is 42.8 Å². The molecule has 0 spiro atoms. The number of benzene rings is 1. The van der Waals surface area contributed by atoms with Crippen LogP contribution in [-0.2, 0) is 0 Å². The average Bonchev–Trinajstić information content (AvgIpc) is 3.41. The summed E-state index contributed by atoms with van der Waals surface area (Å²) in [6.45, 7) is 1.15. The number of fused-ring (bicyclic) bond motifs is 1. The maximum atomic E-state index is 4.30. The van der Waals surface area contributed by atoms with Gasteiger partial charge in [-0.15, -0.1) is 10.2 Å². The van der Waals surface area contributed by atoms with Crippen molar-refractivity contribution in [1.29, 1.82) is 0 Å². The van der Waals surface area contributed by atoms with E-state index in [9.17, 15) is 0 Å². The number of rotatable bonds is 3. The van der Waals surface area contributed by atoms with Gasteiger partial charge in [0.2, 0.25) is 0 Å². The van der Waals surface area contributed by atoms with Crippen molar-refractivity contribution in [2.75, 3.05) is 13.6 Å². The van der Waals surface area contributed by atoms with Crippen LogP contribution in [0.1, 0.15) is 24.4 Å². The summed E-state index contributed by atoms with van der Waals surface area (Å²) >= 11 is 0. The standard InChI is InChI=1S/C20H20N6/c1-24-9-3-5-19(24)18-12-26(16-4-2-8-21-11-16)20-7-6-15(10-17(18)20)25-13-22-23-14-25/h2,4,6-8,10-14,19H,3,5,9H2,1H3/t19-/m1/s1. The van der Waals surface area contributed by atoms with Gasteiger partial charge < -0.3 is 4.57 Å². The van der Waals surface area contributed by atoms with Crippen LogP contribution in [0.15, 0.2) is 61.6 Å². The maximum Gasteiger partial charge on any atom is 0.123 e. The van der Waals surface area contributed by atoms with Crippen molar-refractivity contribution in [3.8, 4) is 11.4 Å². The molecule has 1 fully saturated rings. The van der Waals surface area contributed by atoms with Crippen molar-refractivity contribution in [1.82, 2.24) is 29.2 Å². The van der Waals surface area contributed by atoms with E-state index in [0.29, 0.717) is 6.04 Å². The lowest BCUT2D eigenvalue weighted by Crippen LogP contribution is -2.17. The van der Waals surface area contributed by atoms with E-state index in [2.05, 4.69) is 62.2 Å². The highest BCUT2D eigenvalue weighted by atomic mass is 15.2. The molecule has 0 aliphatic carbocycles. The fraction of sp³-hybridized carbons (Fsp3) is 0.250. The summed E-state index contributed by atoms with van der Waals surface area (Å²) in [4.78, 5) is 6.75. The second kappa shape index (κ2) is 6.07. The molecule has 1 atom stereocenters. The van der Waals surface area contributed by atoms with E-state index in [1.807, 2.05) is 23.0 Å². The molecule has 0 N–H and O–H groups in total. The van der Waals surface area contributed by atoms with Crippen molar-refractivity contribution < 1.29 is 0 Å². The molecule has 4 heterocycles. The number of hydrogen-bond donors (Lipinski definition) is 0. The van der Waals surface area contributed by atoms with Gasteiger partial charge in [0, 0.05) is 29.5 Å². The van der Waals surface area contributed by atoms with Gasteiger partial charge in [-0.3, -0.25) is 14.5 Å². The molecule has 26 heavy (non-hydrogen) atoms. The predicted octanol–water partition coefficient (Wildman–Crippen LogP) is 3.37. The lowest BCUT2D eigenvalue weighted by Gasteiger charge is -2.19. The van der Waals surface area contributed by atoms with Crippen LogP contribution in [0.25, 0.3) is 22.3 Å². The second-order valence-corrected chi connectivity index (χ2v) is 6.87. The van der Waals surface area contributed by atoms with Gasteiger partial charge in [0.15, 0.2) is 0 Å². The average molecular weight is 344 g/mol. The first-order valence-corrected chi connectivity index (χ1v) is 8.92. The predicted molar refractivity (Wildman–Crippen MR) is 101 cm³/mol. The fourth-order valence-electron chi connectivity index (χ4n) is 4.02. The third kappa shape index (κ3) is 2.42. The zero-order valence-electron chi connectivity index (χ0n) is 14.7. The van der Waals surface area contributed by atoms with Gasteiger partial charge in [-0.2, -0.15) is 0 Å². The van der Waals surface area contributed by atoms with Gasteiger partial charge >= 0.3 is 0 Å². The first-order valence-electron chi connectivity index (χ1n) is 8.92. The van der Waals surface area contributed by atoms with E-state index < -0.39 is 0 Å². The van der Waals surface area contributed by atoms with Gasteiger partial charge in [0.1, 0.15) is 12.7 Å². The SMILES string of the molecule is CN1CCC[C@@H]1c1cn(-c2cccnc2)c2ccc(-n3cnnc3)cc12. The van der Waals surface area contributed by atoms with Crippen LogP contribution in [0.4, 0.5) is 0 Å². The van der Waals surface area contributed by atoms with E-state index >= 15 is 0 Å². The summed E-state index contributed by atoms with van der Waals surface area (Å²) in [6, 6.07) is 11.1. The van der Waals surface area contributed by atoms with Gasteiger partial charge in [-0.1, -0.05) is 0 Å². The molecule has 1 aliphatic heterocycles. The smallest absolute Gasteiger partial charge is 0.123 e. The molecule has 0 bridgehead atoms. The summed E-state index contributed by atoms with van der Waals surface area (Å²) in [7, 11) is 2.22. The number of pyridine rings is 1. The highest BCUT2D eigenvalue weighted by Gasteiger charge is 2.26. The molecule has 0 radical (unpaired) electrons. The molecule has 1 saturated heterocycles. The van der Waals surface area contributed by atoms with Crippen LogP contribution in [0.3, 0.4) is 0 Å². The largest absolute Gasteiger partial charge is 0.315 e. The molecule has 5 rings (SSSR count). The van der Waals surface area contributed by atoms with Crippen LogP contribution in [0.2, 0.25) is 0 Å². The highest BCUT2D eigenvalue weighted by Crippen LogP contribution is 2.37. The van der Waals surface area contributed by atoms with Crippen LogP contribution < -0.4 is 0 Å². The lowest BCUT2D eigenvalue weighted by atomic mass is 10.0. The topological polar surface area (TPSA) is 51.8 Å². The Labute approximate surface area is 151 Å². The molecular weight excluding hydrogens is 324 g/mol. The van der Waals surface area contributed by atoms with Crippen molar-refractivity contribution in [2.45, 2.75) is 18.9 Å². The summed E-state index contributed by atoms with van der Waals surface area (Å²) in [5.41, 5.74) is 4.73. The Morgan fingerprint density at radius 1 is 1.08 bits per heavy atom. The van der Waals surface area contributed by atoms with Crippen LogP contribution >= 0.6 is 0 Å². The minimum Gasteiger partial charge on any atom is -0.315 e. The van der Waals surface area contributed by atoms with Crippen molar-refractivity contribution in [3.05, 3.63) is 67.1 Å². The first kappa shape index (κ1) is 15.3. The van der Waals surface area contributed by atoms with E-state index in [4.69, 9.17) is 0 Å². The van der Waals surface area contributed by atoms with Gasteiger partial charge in [0.25, 0.3) is 0 Å². The molecule has 3 aromatic heterocycles. The molecule has 6 nitrogen and oxygen atoms in total. The van der Waals surface area contributed by atoms with Crippen LogP contribution in [0.5, 0.6) is 0 Å². The Balaban J connectivity index is 1.74. The van der Waals surface area contributed by atoms with Crippen molar-refractivity contribution in [3.63, 3.8) is 0 Å². The molecule has 1 aliphatic rings. The van der Waals surface area contributed by atoms with Crippen molar-refractivity contribution in [2.24, 2.45) is 0 Å². The maximum absolute atomic E-state index is 4.30. The third-order valence-electron chi connectivity index (χ3n) is 5.34. The Bertz CT molecular complexity index is 1040. The molecule has 1 aromatic carbocycles. The normalized spacial score (nSPS) is 18.0. The number of likely N-dealkylation sites (tertiary alicyclic amines) is 1. The zero-order chi connectivity index (χ0) is 17.5. The summed E-state index contributed by atoms with van der Waals surface area (Å²) in [5, 5.41) is 9.15. The summed E-state index contributed by atoms with van der Waals surface area (Å²) in [5.74, 6) is 0. The first-order chi connectivity index (χ1) is 12.8. The van der Waals surface area contributed by atoms with E-state index in [-0.39, 0.29) is 0 Å². The quantitative estimate of drug-likeness (QED) is 0.572.